The van der Waals surface area contributed by atoms with Crippen molar-refractivity contribution in [2.75, 3.05) is 6.61 Å². The molecule has 23 heavy (non-hydrogen) atoms. The molecule has 140 valence electrons. The van der Waals surface area contributed by atoms with E-state index in [9.17, 15) is 10.2 Å². The van der Waals surface area contributed by atoms with Crippen LogP contribution in [0.3, 0.4) is 0 Å². The highest BCUT2D eigenvalue weighted by Gasteiger charge is 2.20. The molecule has 0 aliphatic carbocycles. The van der Waals surface area contributed by atoms with E-state index in [4.69, 9.17) is 5.11 Å². The molecule has 0 heterocycles. The molecule has 3 atom stereocenters. The second-order valence-electron chi connectivity index (χ2n) is 8.70. The number of rotatable bonds is 14. The van der Waals surface area contributed by atoms with Gasteiger partial charge in [0.2, 0.25) is 0 Å². The van der Waals surface area contributed by atoms with Gasteiger partial charge in [-0.1, -0.05) is 73.1 Å². The summed E-state index contributed by atoms with van der Waals surface area (Å²) in [6, 6.07) is 0. The lowest BCUT2D eigenvalue weighted by Gasteiger charge is -2.26. The fraction of sp³-hybridized carbons (Fsp3) is 1.00. The third kappa shape index (κ3) is 12.9. The molecule has 3 nitrogen and oxygen atoms in total. The molecule has 0 fully saturated rings. The highest BCUT2D eigenvalue weighted by Crippen LogP contribution is 2.31. The van der Waals surface area contributed by atoms with Gasteiger partial charge in [-0.15, -0.1) is 0 Å². The first-order valence-corrected chi connectivity index (χ1v) is 9.65. The average molecular weight is 331 g/mol. The van der Waals surface area contributed by atoms with Crippen LogP contribution in [-0.4, -0.2) is 34.1 Å². The van der Waals surface area contributed by atoms with Gasteiger partial charge in [0.25, 0.3) is 0 Å². The summed E-state index contributed by atoms with van der Waals surface area (Å²) in [5.74, 6) is 1.65. The van der Waals surface area contributed by atoms with Crippen LogP contribution < -0.4 is 0 Å². The summed E-state index contributed by atoms with van der Waals surface area (Å²) < 4.78 is 0. The molecule has 0 aliphatic rings. The van der Waals surface area contributed by atoms with Crippen LogP contribution in [0.5, 0.6) is 0 Å². The zero-order chi connectivity index (χ0) is 17.9. The molecule has 0 aromatic heterocycles. The zero-order valence-corrected chi connectivity index (χ0v) is 16.2. The summed E-state index contributed by atoms with van der Waals surface area (Å²) in [6.45, 7) is 11.2. The Balaban J connectivity index is 3.78. The third-order valence-corrected chi connectivity index (χ3v) is 5.01. The number of hydrogen-bond acceptors (Lipinski definition) is 3. The van der Waals surface area contributed by atoms with E-state index in [0.29, 0.717) is 11.8 Å². The van der Waals surface area contributed by atoms with Crippen LogP contribution in [0, 0.1) is 17.3 Å². The van der Waals surface area contributed by atoms with Gasteiger partial charge >= 0.3 is 0 Å². The molecular formula is C20H42O3. The predicted octanol–water partition coefficient (Wildman–Crippen LogP) is 4.53. The van der Waals surface area contributed by atoms with Crippen molar-refractivity contribution in [3.63, 3.8) is 0 Å². The van der Waals surface area contributed by atoms with Crippen molar-refractivity contribution in [2.45, 2.75) is 105 Å². The lowest BCUT2D eigenvalue weighted by atomic mass is 9.80. The maximum absolute atomic E-state index is 9.67. The van der Waals surface area contributed by atoms with Crippen LogP contribution >= 0.6 is 0 Å². The van der Waals surface area contributed by atoms with Crippen LogP contribution in [0.1, 0.15) is 92.4 Å². The maximum atomic E-state index is 9.67. The quantitative estimate of drug-likeness (QED) is 0.438. The summed E-state index contributed by atoms with van der Waals surface area (Å²) in [5, 5.41) is 27.9. The molecule has 0 bridgehead atoms. The number of hydrogen-bond donors (Lipinski definition) is 3. The highest BCUT2D eigenvalue weighted by atomic mass is 16.4. The van der Waals surface area contributed by atoms with Crippen LogP contribution in [0.15, 0.2) is 0 Å². The molecule has 0 saturated carbocycles. The highest BCUT2D eigenvalue weighted by molar-refractivity contribution is 4.72. The van der Waals surface area contributed by atoms with Crippen molar-refractivity contribution < 1.29 is 15.3 Å². The molecule has 0 saturated heterocycles. The molecule has 3 N–H and O–H groups in total. The van der Waals surface area contributed by atoms with Crippen molar-refractivity contribution >= 4 is 0 Å². The number of aliphatic hydroxyl groups is 3. The van der Waals surface area contributed by atoms with Gasteiger partial charge in [-0.3, -0.25) is 0 Å². The van der Waals surface area contributed by atoms with E-state index in [1.54, 1.807) is 0 Å². The Morgan fingerprint density at radius 2 is 1.26 bits per heavy atom. The van der Waals surface area contributed by atoms with Gasteiger partial charge in [-0.05, 0) is 36.5 Å². The minimum Gasteiger partial charge on any atom is -0.394 e. The van der Waals surface area contributed by atoms with Gasteiger partial charge in [-0.2, -0.15) is 0 Å². The molecule has 0 aromatic rings. The Labute approximate surface area is 144 Å². The Hall–Kier alpha value is -0.120. The summed E-state index contributed by atoms with van der Waals surface area (Å²) in [4.78, 5) is 0. The van der Waals surface area contributed by atoms with Crippen molar-refractivity contribution in [1.82, 2.24) is 0 Å². The second kappa shape index (κ2) is 12.3. The van der Waals surface area contributed by atoms with E-state index in [0.717, 1.165) is 24.7 Å². The summed E-state index contributed by atoms with van der Waals surface area (Å²) in [5.41, 5.74) is 0.293. The van der Waals surface area contributed by atoms with E-state index in [1.807, 2.05) is 0 Å². The van der Waals surface area contributed by atoms with E-state index in [2.05, 4.69) is 34.6 Å². The zero-order valence-electron chi connectivity index (χ0n) is 16.2. The average Bonchev–Trinajstić information content (AvgIpc) is 2.45. The van der Waals surface area contributed by atoms with E-state index in [-0.39, 0.29) is 6.61 Å². The summed E-state index contributed by atoms with van der Waals surface area (Å²) >= 11 is 0. The normalized spacial score (nSPS) is 16.6. The van der Waals surface area contributed by atoms with Gasteiger partial charge in [-0.25, -0.2) is 0 Å². The minimum absolute atomic E-state index is 0.293. The molecule has 0 amide bonds. The fourth-order valence-electron chi connectivity index (χ4n) is 3.18. The topological polar surface area (TPSA) is 60.7 Å². The summed E-state index contributed by atoms with van der Waals surface area (Å²) in [7, 11) is 0. The van der Waals surface area contributed by atoms with Gasteiger partial charge in [0.05, 0.1) is 12.7 Å². The monoisotopic (exact) mass is 330 g/mol. The van der Waals surface area contributed by atoms with Crippen molar-refractivity contribution in [3.05, 3.63) is 0 Å². The van der Waals surface area contributed by atoms with E-state index in [1.165, 1.54) is 38.5 Å². The Morgan fingerprint density at radius 3 is 1.78 bits per heavy atom. The Morgan fingerprint density at radius 1 is 0.739 bits per heavy atom. The first-order chi connectivity index (χ1) is 10.7. The molecule has 0 radical (unpaired) electrons. The first kappa shape index (κ1) is 22.9. The van der Waals surface area contributed by atoms with Crippen LogP contribution in [0.25, 0.3) is 0 Å². The maximum Gasteiger partial charge on any atom is 0.103 e. The van der Waals surface area contributed by atoms with Crippen LogP contribution in [-0.2, 0) is 0 Å². The molecule has 3 heteroatoms. The summed E-state index contributed by atoms with van der Waals surface area (Å²) in [6.07, 6.45) is 8.59. The predicted molar refractivity (Wildman–Crippen MR) is 98.4 cm³/mol. The molecule has 0 spiro atoms. The number of aliphatic hydroxyl groups excluding tert-OH is 3. The standard InChI is InChI=1S/C20H42O3/c1-16(2)9-6-10-17(3)11-7-13-20(4,5)14-8-12-18(22)19(23)15-21/h16-19,21-23H,6-15H2,1-5H3. The Kier molecular flexibility index (Phi) is 12.2. The van der Waals surface area contributed by atoms with Gasteiger partial charge < -0.3 is 15.3 Å². The van der Waals surface area contributed by atoms with Crippen LogP contribution in [0.2, 0.25) is 0 Å². The van der Waals surface area contributed by atoms with Gasteiger partial charge in [0, 0.05) is 0 Å². The smallest absolute Gasteiger partial charge is 0.103 e. The fourth-order valence-corrected chi connectivity index (χ4v) is 3.18. The lowest BCUT2D eigenvalue weighted by Crippen LogP contribution is -2.29. The van der Waals surface area contributed by atoms with Gasteiger partial charge in [0.1, 0.15) is 6.10 Å². The SMILES string of the molecule is CC(C)CCCC(C)CCCC(C)(C)CCCC(O)C(O)CO. The third-order valence-electron chi connectivity index (χ3n) is 5.01. The largest absolute Gasteiger partial charge is 0.394 e. The van der Waals surface area contributed by atoms with Crippen molar-refractivity contribution in [2.24, 2.45) is 17.3 Å². The first-order valence-electron chi connectivity index (χ1n) is 9.65. The van der Waals surface area contributed by atoms with E-state index >= 15 is 0 Å². The molecular weight excluding hydrogens is 288 g/mol. The van der Waals surface area contributed by atoms with Crippen molar-refractivity contribution in [1.29, 1.82) is 0 Å². The van der Waals surface area contributed by atoms with Crippen LogP contribution in [0.4, 0.5) is 0 Å². The Bertz CT molecular complexity index is 276. The minimum atomic E-state index is -0.996. The van der Waals surface area contributed by atoms with Crippen molar-refractivity contribution in [3.8, 4) is 0 Å². The second-order valence-corrected chi connectivity index (χ2v) is 8.70. The molecule has 0 aromatic carbocycles. The molecule has 3 unspecified atom stereocenters. The lowest BCUT2D eigenvalue weighted by molar-refractivity contribution is -0.0195. The van der Waals surface area contributed by atoms with E-state index < -0.39 is 12.2 Å². The molecule has 0 rings (SSSR count). The van der Waals surface area contributed by atoms with Gasteiger partial charge in [0.15, 0.2) is 0 Å². The molecule has 0 aliphatic heterocycles.